The van der Waals surface area contributed by atoms with Crippen LogP contribution in [0.4, 0.5) is 0 Å². The van der Waals surface area contributed by atoms with Crippen molar-refractivity contribution in [1.29, 1.82) is 0 Å². The molecule has 0 radical (unpaired) electrons. The molecule has 19 heavy (non-hydrogen) atoms. The summed E-state index contributed by atoms with van der Waals surface area (Å²) in [5, 5.41) is 3.32. The van der Waals surface area contributed by atoms with Gasteiger partial charge in [-0.05, 0) is 18.1 Å². The highest BCUT2D eigenvalue weighted by atomic mass is 16.5. The van der Waals surface area contributed by atoms with Crippen molar-refractivity contribution in [3.05, 3.63) is 24.0 Å². The van der Waals surface area contributed by atoms with Crippen LogP contribution in [0.2, 0.25) is 0 Å². The summed E-state index contributed by atoms with van der Waals surface area (Å²) in [6.07, 6.45) is 5.20. The van der Waals surface area contributed by atoms with E-state index in [4.69, 9.17) is 14.2 Å². The minimum absolute atomic E-state index is 0.745. The Hall–Kier alpha value is -0.880. The molecule has 5 heteroatoms. The fourth-order valence-electron chi connectivity index (χ4n) is 1.72. The molecule has 0 aliphatic rings. The van der Waals surface area contributed by atoms with E-state index >= 15 is 0 Å². The predicted molar refractivity (Wildman–Crippen MR) is 75.3 cm³/mol. The van der Waals surface area contributed by atoms with Crippen molar-refractivity contribution in [2.45, 2.75) is 19.5 Å². The van der Waals surface area contributed by atoms with Crippen molar-refractivity contribution >= 4 is 0 Å². The molecule has 0 saturated carbocycles. The van der Waals surface area contributed by atoms with Crippen LogP contribution in [-0.4, -0.2) is 51.8 Å². The molecule has 0 spiro atoms. The number of ether oxygens (including phenoxy) is 3. The maximum Gasteiger partial charge on any atom is 0.0645 e. The second kappa shape index (κ2) is 11.0. The summed E-state index contributed by atoms with van der Waals surface area (Å²) in [7, 11) is 3.42. The molecule has 5 nitrogen and oxygen atoms in total. The van der Waals surface area contributed by atoms with Crippen molar-refractivity contribution in [2.75, 3.05) is 47.2 Å². The highest BCUT2D eigenvalue weighted by molar-refractivity contribution is 5.09. The van der Waals surface area contributed by atoms with Gasteiger partial charge in [-0.2, -0.15) is 0 Å². The molecule has 1 aromatic heterocycles. The lowest BCUT2D eigenvalue weighted by Gasteiger charge is -2.05. The van der Waals surface area contributed by atoms with E-state index in [0.717, 1.165) is 52.5 Å². The number of aromatic nitrogens is 1. The van der Waals surface area contributed by atoms with Crippen LogP contribution >= 0.6 is 0 Å². The summed E-state index contributed by atoms with van der Waals surface area (Å²) < 4.78 is 17.6. The average Bonchev–Trinajstić information content (AvgIpc) is 2.87. The smallest absolute Gasteiger partial charge is 0.0645 e. The number of methoxy groups -OCH3 is 2. The number of nitrogens with one attached hydrogen (secondary N) is 1. The molecule has 0 fully saturated rings. The first kappa shape index (κ1) is 16.2. The molecular weight excluding hydrogens is 244 g/mol. The van der Waals surface area contributed by atoms with Gasteiger partial charge in [0.2, 0.25) is 0 Å². The van der Waals surface area contributed by atoms with Gasteiger partial charge in [0.25, 0.3) is 0 Å². The Morgan fingerprint density at radius 1 is 1.11 bits per heavy atom. The molecular formula is C14H26N2O3. The van der Waals surface area contributed by atoms with Gasteiger partial charge in [0, 0.05) is 59.5 Å². The van der Waals surface area contributed by atoms with Gasteiger partial charge in [-0.25, -0.2) is 0 Å². The third-order valence-electron chi connectivity index (χ3n) is 2.75. The van der Waals surface area contributed by atoms with Gasteiger partial charge in [0.15, 0.2) is 0 Å². The molecule has 1 rings (SSSR count). The molecule has 0 unspecified atom stereocenters. The highest BCUT2D eigenvalue weighted by Crippen LogP contribution is 2.01. The average molecular weight is 270 g/mol. The molecule has 0 aromatic carbocycles. The standard InChI is InChI=1S/C14H26N2O3/c1-17-8-3-9-19-11-7-16-6-4-14(13-16)12-15-5-10-18-2/h4,6,13,15H,3,5,7-12H2,1-2H3. The SMILES string of the molecule is COCCCOCCn1ccc(CNCCOC)c1. The van der Waals surface area contributed by atoms with Crippen LogP contribution in [0.1, 0.15) is 12.0 Å². The van der Waals surface area contributed by atoms with E-state index in [1.54, 1.807) is 14.2 Å². The Kier molecular flexibility index (Phi) is 9.36. The number of rotatable bonds is 12. The van der Waals surface area contributed by atoms with E-state index in [1.165, 1.54) is 5.56 Å². The van der Waals surface area contributed by atoms with Gasteiger partial charge in [-0.15, -0.1) is 0 Å². The molecule has 0 aliphatic carbocycles. The van der Waals surface area contributed by atoms with E-state index in [1.807, 2.05) is 0 Å². The molecule has 1 heterocycles. The minimum atomic E-state index is 0.745. The maximum absolute atomic E-state index is 5.53. The van der Waals surface area contributed by atoms with Crippen LogP contribution in [0, 0.1) is 0 Å². The molecule has 0 atom stereocenters. The van der Waals surface area contributed by atoms with Crippen LogP contribution in [0.5, 0.6) is 0 Å². The van der Waals surface area contributed by atoms with Gasteiger partial charge < -0.3 is 24.1 Å². The maximum atomic E-state index is 5.53. The predicted octanol–water partition coefficient (Wildman–Crippen LogP) is 1.28. The second-order valence-electron chi connectivity index (χ2n) is 4.39. The zero-order valence-corrected chi connectivity index (χ0v) is 12.1. The lowest BCUT2D eigenvalue weighted by molar-refractivity contribution is 0.0977. The fraction of sp³-hybridized carbons (Fsp3) is 0.714. The van der Waals surface area contributed by atoms with Crippen molar-refractivity contribution in [3.63, 3.8) is 0 Å². The van der Waals surface area contributed by atoms with Crippen LogP contribution < -0.4 is 5.32 Å². The Balaban J connectivity index is 2.06. The second-order valence-corrected chi connectivity index (χ2v) is 4.39. The van der Waals surface area contributed by atoms with Gasteiger partial charge >= 0.3 is 0 Å². The molecule has 1 aromatic rings. The zero-order valence-electron chi connectivity index (χ0n) is 12.1. The Labute approximate surface area is 115 Å². The van der Waals surface area contributed by atoms with E-state index in [9.17, 15) is 0 Å². The van der Waals surface area contributed by atoms with Crippen LogP contribution in [0.25, 0.3) is 0 Å². The summed E-state index contributed by atoms with van der Waals surface area (Å²) in [5.41, 5.74) is 1.29. The summed E-state index contributed by atoms with van der Waals surface area (Å²) in [6, 6.07) is 2.13. The van der Waals surface area contributed by atoms with Crippen molar-refractivity contribution in [2.24, 2.45) is 0 Å². The number of nitrogens with zero attached hydrogens (tertiary/aromatic N) is 1. The van der Waals surface area contributed by atoms with Crippen LogP contribution in [0.15, 0.2) is 18.5 Å². The van der Waals surface area contributed by atoms with E-state index in [2.05, 4.69) is 28.3 Å². The Morgan fingerprint density at radius 3 is 2.74 bits per heavy atom. The van der Waals surface area contributed by atoms with E-state index in [0.29, 0.717) is 0 Å². The third-order valence-corrected chi connectivity index (χ3v) is 2.75. The summed E-state index contributed by atoms with van der Waals surface area (Å²) in [4.78, 5) is 0. The Bertz CT molecular complexity index is 315. The van der Waals surface area contributed by atoms with Crippen molar-refractivity contribution in [1.82, 2.24) is 9.88 Å². The molecule has 1 N–H and O–H groups in total. The van der Waals surface area contributed by atoms with Crippen LogP contribution in [-0.2, 0) is 27.3 Å². The quantitative estimate of drug-likeness (QED) is 0.581. The third kappa shape index (κ3) is 8.00. The lowest BCUT2D eigenvalue weighted by atomic mass is 10.3. The number of hydrogen-bond acceptors (Lipinski definition) is 4. The van der Waals surface area contributed by atoms with Gasteiger partial charge in [0.05, 0.1) is 13.2 Å². The first-order valence-electron chi connectivity index (χ1n) is 6.78. The lowest BCUT2D eigenvalue weighted by Crippen LogP contribution is -2.18. The number of hydrogen-bond donors (Lipinski definition) is 1. The molecule has 110 valence electrons. The van der Waals surface area contributed by atoms with Crippen molar-refractivity contribution < 1.29 is 14.2 Å². The zero-order chi connectivity index (χ0) is 13.8. The van der Waals surface area contributed by atoms with Gasteiger partial charge in [-0.1, -0.05) is 0 Å². The molecule has 0 amide bonds. The largest absolute Gasteiger partial charge is 0.385 e. The molecule has 0 bridgehead atoms. The van der Waals surface area contributed by atoms with Crippen molar-refractivity contribution in [3.8, 4) is 0 Å². The summed E-state index contributed by atoms with van der Waals surface area (Å²) in [6.45, 7) is 5.67. The van der Waals surface area contributed by atoms with E-state index in [-0.39, 0.29) is 0 Å². The minimum Gasteiger partial charge on any atom is -0.385 e. The Morgan fingerprint density at radius 2 is 1.95 bits per heavy atom. The summed E-state index contributed by atoms with van der Waals surface area (Å²) in [5.74, 6) is 0. The van der Waals surface area contributed by atoms with E-state index < -0.39 is 0 Å². The first-order valence-corrected chi connectivity index (χ1v) is 6.78. The van der Waals surface area contributed by atoms with Gasteiger partial charge in [0.1, 0.15) is 0 Å². The normalized spacial score (nSPS) is 11.1. The summed E-state index contributed by atoms with van der Waals surface area (Å²) >= 11 is 0. The monoisotopic (exact) mass is 270 g/mol. The first-order chi connectivity index (χ1) is 9.36. The van der Waals surface area contributed by atoms with Gasteiger partial charge in [-0.3, -0.25) is 0 Å². The highest BCUT2D eigenvalue weighted by Gasteiger charge is 1.97. The van der Waals surface area contributed by atoms with Crippen LogP contribution in [0.3, 0.4) is 0 Å². The molecule has 0 saturated heterocycles. The fourth-order valence-corrected chi connectivity index (χ4v) is 1.72. The molecule has 0 aliphatic heterocycles. The topological polar surface area (TPSA) is 44.7 Å².